The molecule has 40 heavy (non-hydrogen) atoms. The smallest absolute Gasteiger partial charge is 0.417 e. The minimum Gasteiger partial charge on any atom is -0.493 e. The Kier molecular flexibility index (Phi) is 6.81. The zero-order valence-electron chi connectivity index (χ0n) is 21.4. The Labute approximate surface area is 225 Å². The number of carbonyl (C=O) groups is 1. The Morgan fingerprint density at radius 3 is 2.42 bits per heavy atom. The van der Waals surface area contributed by atoms with E-state index < -0.39 is 52.7 Å². The molecule has 1 heterocycles. The maximum Gasteiger partial charge on any atom is 0.417 e. The fraction of sp³-hybridized carbons (Fsp3) is 0.310. The van der Waals surface area contributed by atoms with E-state index in [4.69, 9.17) is 9.47 Å². The number of halogens is 5. The number of aromatic nitrogens is 1. The highest BCUT2D eigenvalue weighted by Crippen LogP contribution is 2.55. The topological polar surface area (TPSA) is 88.9 Å². The van der Waals surface area contributed by atoms with Crippen LogP contribution in [0.4, 0.5) is 22.0 Å². The summed E-state index contributed by atoms with van der Waals surface area (Å²) in [5, 5.41) is 19.0. The molecule has 0 fully saturated rings. The molecule has 11 heteroatoms. The van der Waals surface area contributed by atoms with E-state index in [0.29, 0.717) is 23.6 Å². The van der Waals surface area contributed by atoms with Crippen molar-refractivity contribution in [1.82, 2.24) is 4.98 Å². The summed E-state index contributed by atoms with van der Waals surface area (Å²) in [7, 11) is 0. The highest BCUT2D eigenvalue weighted by molar-refractivity contribution is 6.11. The molecular weight excluding hydrogens is 537 g/mol. The second-order valence-corrected chi connectivity index (χ2v) is 10.4. The highest BCUT2D eigenvalue weighted by atomic mass is 19.4. The molecule has 0 aliphatic heterocycles. The Bertz CT molecular complexity index is 1540. The van der Waals surface area contributed by atoms with Crippen LogP contribution in [-0.2, 0) is 24.0 Å². The molecule has 0 saturated heterocycles. The monoisotopic (exact) mass is 561 g/mol. The number of nitrogens with zero attached hydrogens (tertiary/aromatic N) is 1. The van der Waals surface area contributed by atoms with Crippen LogP contribution in [0.15, 0.2) is 48.2 Å². The molecule has 0 unspecified atom stereocenters. The van der Waals surface area contributed by atoms with Crippen LogP contribution in [0.25, 0.3) is 16.7 Å². The molecule has 0 saturated carbocycles. The fourth-order valence-electron chi connectivity index (χ4n) is 4.82. The lowest BCUT2D eigenvalue weighted by atomic mass is 9.96. The van der Waals surface area contributed by atoms with Gasteiger partial charge in [0.25, 0.3) is 0 Å². The van der Waals surface area contributed by atoms with E-state index >= 15 is 4.39 Å². The first-order valence-corrected chi connectivity index (χ1v) is 12.4. The Morgan fingerprint density at radius 2 is 1.77 bits per heavy atom. The quantitative estimate of drug-likeness (QED) is 0.303. The Morgan fingerprint density at radius 1 is 1.02 bits per heavy atom. The largest absolute Gasteiger partial charge is 0.493 e. The van der Waals surface area contributed by atoms with Gasteiger partial charge in [-0.3, -0.25) is 0 Å². The van der Waals surface area contributed by atoms with E-state index in [2.05, 4.69) is 4.98 Å². The number of fused-ring (bicyclic) bond motifs is 3. The highest BCUT2D eigenvalue weighted by Gasteiger charge is 2.47. The number of hydrogen-bond donors (Lipinski definition) is 2. The van der Waals surface area contributed by atoms with Gasteiger partial charge in [0.15, 0.2) is 0 Å². The molecule has 210 valence electrons. The third kappa shape index (κ3) is 5.51. The van der Waals surface area contributed by atoms with E-state index in [9.17, 15) is 32.6 Å². The fourth-order valence-corrected chi connectivity index (χ4v) is 4.82. The summed E-state index contributed by atoms with van der Waals surface area (Å²) in [6.07, 6.45) is -2.78. The van der Waals surface area contributed by atoms with Gasteiger partial charge in [0, 0.05) is 52.9 Å². The van der Waals surface area contributed by atoms with E-state index in [1.165, 1.54) is 12.3 Å². The van der Waals surface area contributed by atoms with Crippen molar-refractivity contribution in [3.63, 3.8) is 0 Å². The van der Waals surface area contributed by atoms with Crippen molar-refractivity contribution in [1.29, 1.82) is 0 Å². The molecule has 2 aliphatic rings. The van der Waals surface area contributed by atoms with Gasteiger partial charge in [0.2, 0.25) is 5.88 Å². The summed E-state index contributed by atoms with van der Waals surface area (Å²) in [6.45, 7) is 2.73. The van der Waals surface area contributed by atoms with E-state index in [0.717, 1.165) is 29.3 Å². The maximum atomic E-state index is 15.0. The Balaban J connectivity index is 1.38. The van der Waals surface area contributed by atoms with Crippen LogP contribution in [0.2, 0.25) is 0 Å². The molecule has 2 aliphatic carbocycles. The number of carboxylic acids is 1. The summed E-state index contributed by atoms with van der Waals surface area (Å²) < 4.78 is 82.2. The number of alkyl halides is 3. The molecule has 5 rings (SSSR count). The lowest BCUT2D eigenvalue weighted by Gasteiger charge is -2.18. The molecule has 0 spiro atoms. The number of hydrogen-bond acceptors (Lipinski definition) is 5. The number of aliphatic hydroxyl groups is 1. The Hall–Kier alpha value is -3.99. The molecule has 1 atom stereocenters. The molecule has 6 nitrogen and oxygen atoms in total. The van der Waals surface area contributed by atoms with Gasteiger partial charge in [-0.25, -0.2) is 18.6 Å². The number of pyridine rings is 1. The lowest BCUT2D eigenvalue weighted by molar-refractivity contribution is -0.137. The van der Waals surface area contributed by atoms with Gasteiger partial charge in [-0.1, -0.05) is 0 Å². The number of rotatable bonds is 9. The normalized spacial score (nSPS) is 16.1. The minimum atomic E-state index is -4.96. The average molecular weight is 562 g/mol. The van der Waals surface area contributed by atoms with Crippen molar-refractivity contribution in [2.24, 2.45) is 5.92 Å². The van der Waals surface area contributed by atoms with Crippen LogP contribution in [0, 0.1) is 17.6 Å². The van der Waals surface area contributed by atoms with Crippen LogP contribution >= 0.6 is 0 Å². The summed E-state index contributed by atoms with van der Waals surface area (Å²) in [4.78, 5) is 15.3. The van der Waals surface area contributed by atoms with Gasteiger partial charge in [-0.05, 0) is 61.2 Å². The van der Waals surface area contributed by atoms with Gasteiger partial charge < -0.3 is 19.7 Å². The van der Waals surface area contributed by atoms with Gasteiger partial charge in [0.05, 0.1) is 17.8 Å². The molecule has 1 aromatic heterocycles. The molecule has 2 aromatic carbocycles. The predicted octanol–water partition coefficient (Wildman–Crippen LogP) is 6.19. The van der Waals surface area contributed by atoms with Gasteiger partial charge in [-0.15, -0.1) is 0 Å². The van der Waals surface area contributed by atoms with Crippen LogP contribution in [0.1, 0.15) is 42.5 Å². The van der Waals surface area contributed by atoms with E-state index in [1.807, 2.05) is 0 Å². The summed E-state index contributed by atoms with van der Waals surface area (Å²) in [5.74, 6) is -3.15. The van der Waals surface area contributed by atoms with Gasteiger partial charge in [0.1, 0.15) is 24.0 Å². The second-order valence-electron chi connectivity index (χ2n) is 10.4. The number of benzene rings is 2. The van der Waals surface area contributed by atoms with Gasteiger partial charge >= 0.3 is 12.1 Å². The van der Waals surface area contributed by atoms with Crippen LogP contribution in [0.3, 0.4) is 0 Å². The first kappa shape index (κ1) is 27.6. The number of aliphatic carboxylic acids is 1. The molecule has 3 aromatic rings. The van der Waals surface area contributed by atoms with Crippen molar-refractivity contribution in [3.05, 3.63) is 82.1 Å². The third-order valence-corrected chi connectivity index (χ3v) is 6.89. The predicted molar refractivity (Wildman–Crippen MR) is 134 cm³/mol. The standard InChI is InChI=1S/C29H24F5NO5/c1-28(2,38)5-6-39-16-3-4-17(23(31)10-16)18-8-15(22(30)11-21(18)29(32,33)34)13-40-24-9-14-7-19-25(20(14)12-35-24)26(19)27(36)37/h3-4,8-12,19,38H,5-7,13H2,1-2H3,(H,36,37)/t19-/m1/s1. The van der Waals surface area contributed by atoms with Crippen molar-refractivity contribution >= 4 is 11.5 Å². The first-order chi connectivity index (χ1) is 18.7. The zero-order chi connectivity index (χ0) is 29.0. The van der Waals surface area contributed by atoms with E-state index in [1.54, 1.807) is 19.9 Å². The minimum absolute atomic E-state index is 0.0594. The second kappa shape index (κ2) is 9.88. The summed E-state index contributed by atoms with van der Waals surface area (Å²) in [6, 6.07) is 6.15. The number of allylic oxidation sites excluding steroid dienone is 1. The molecule has 0 amide bonds. The van der Waals surface area contributed by atoms with Crippen molar-refractivity contribution < 1.29 is 46.4 Å². The summed E-state index contributed by atoms with van der Waals surface area (Å²) in [5.41, 5.74) is -0.946. The summed E-state index contributed by atoms with van der Waals surface area (Å²) >= 11 is 0. The first-order valence-electron chi connectivity index (χ1n) is 12.4. The van der Waals surface area contributed by atoms with Crippen LogP contribution in [0.5, 0.6) is 11.6 Å². The molecule has 0 bridgehead atoms. The molecule has 0 radical (unpaired) electrons. The van der Waals surface area contributed by atoms with Gasteiger partial charge in [-0.2, -0.15) is 13.2 Å². The zero-order valence-corrected chi connectivity index (χ0v) is 21.4. The third-order valence-electron chi connectivity index (χ3n) is 6.89. The molecular formula is C29H24F5NO5. The van der Waals surface area contributed by atoms with Crippen molar-refractivity contribution in [2.75, 3.05) is 6.61 Å². The van der Waals surface area contributed by atoms with Crippen LogP contribution in [-0.4, -0.2) is 33.4 Å². The van der Waals surface area contributed by atoms with Crippen molar-refractivity contribution in [3.8, 4) is 22.8 Å². The SMILES string of the molecule is CC(C)(O)CCOc1ccc(-c2cc(COc3cc4c(cn3)C3=C(C(=O)O)[C@@H]3C4)c(F)cc2C(F)(F)F)c(F)c1. The van der Waals surface area contributed by atoms with Crippen LogP contribution < -0.4 is 9.47 Å². The van der Waals surface area contributed by atoms with E-state index in [-0.39, 0.29) is 36.1 Å². The average Bonchev–Trinajstić information content (AvgIpc) is 3.44. The lowest BCUT2D eigenvalue weighted by Crippen LogP contribution is -2.21. The maximum absolute atomic E-state index is 15.0. The van der Waals surface area contributed by atoms with Crippen molar-refractivity contribution in [2.45, 2.75) is 45.1 Å². The molecule has 2 N–H and O–H groups in total. The number of carboxylic acid groups (broad SMARTS) is 1. The number of ether oxygens (including phenoxy) is 2.